The average molecular weight is 245 g/mol. The van der Waals surface area contributed by atoms with Crippen molar-refractivity contribution in [3.63, 3.8) is 0 Å². The minimum atomic E-state index is 0.169. The summed E-state index contributed by atoms with van der Waals surface area (Å²) in [6, 6.07) is 1.95. The maximum absolute atomic E-state index is 9.64. The molecule has 0 bridgehead atoms. The second-order valence-electron chi connectivity index (χ2n) is 4.38. The average Bonchev–Trinajstić information content (AvgIpc) is 2.42. The summed E-state index contributed by atoms with van der Waals surface area (Å²) in [6.07, 6.45) is 4.98. The minimum Gasteiger partial charge on any atom is -0.508 e. The van der Waals surface area contributed by atoms with Gasteiger partial charge in [0.1, 0.15) is 11.6 Å². The molecule has 2 rings (SSSR count). The van der Waals surface area contributed by atoms with Crippen molar-refractivity contribution in [2.45, 2.75) is 6.92 Å². The van der Waals surface area contributed by atoms with Crippen LogP contribution >= 0.6 is 0 Å². The molecule has 1 aromatic heterocycles. The molecule has 0 saturated carbocycles. The molecule has 1 aliphatic heterocycles. The number of piperazine rings is 1. The zero-order chi connectivity index (χ0) is 13.0. The molecule has 4 heteroatoms. The minimum absolute atomic E-state index is 0.169. The largest absolute Gasteiger partial charge is 0.508 e. The van der Waals surface area contributed by atoms with Gasteiger partial charge in [0.25, 0.3) is 0 Å². The molecule has 0 atom stereocenters. The first-order valence-electron chi connectivity index (χ1n) is 6.16. The van der Waals surface area contributed by atoms with E-state index < -0.39 is 0 Å². The van der Waals surface area contributed by atoms with Crippen LogP contribution in [0.3, 0.4) is 0 Å². The summed E-state index contributed by atoms with van der Waals surface area (Å²) in [5.41, 5.74) is 2.07. The van der Waals surface area contributed by atoms with Crippen LogP contribution < -0.4 is 10.2 Å². The first kappa shape index (κ1) is 12.6. The number of rotatable bonds is 3. The number of nitrogens with one attached hydrogen (secondary N) is 1. The lowest BCUT2D eigenvalue weighted by Crippen LogP contribution is -2.44. The van der Waals surface area contributed by atoms with E-state index in [2.05, 4.69) is 21.8 Å². The highest BCUT2D eigenvalue weighted by molar-refractivity contribution is 5.69. The maximum atomic E-state index is 9.64. The Morgan fingerprint density at radius 3 is 2.89 bits per heavy atom. The third-order valence-corrected chi connectivity index (χ3v) is 3.10. The molecule has 18 heavy (non-hydrogen) atoms. The monoisotopic (exact) mass is 245 g/mol. The highest BCUT2D eigenvalue weighted by Gasteiger charge is 2.15. The number of hydrogen-bond acceptors (Lipinski definition) is 4. The number of nitrogens with zero attached hydrogens (tertiary/aromatic N) is 2. The van der Waals surface area contributed by atoms with E-state index in [0.29, 0.717) is 0 Å². The fourth-order valence-electron chi connectivity index (χ4n) is 2.07. The number of hydrogen-bond donors (Lipinski definition) is 2. The van der Waals surface area contributed by atoms with Crippen molar-refractivity contribution in [1.29, 1.82) is 0 Å². The van der Waals surface area contributed by atoms with Crippen molar-refractivity contribution in [2.24, 2.45) is 0 Å². The Balaban J connectivity index is 2.39. The molecule has 0 spiro atoms. The Labute approximate surface area is 108 Å². The lowest BCUT2D eigenvalue weighted by atomic mass is 10.1. The summed E-state index contributed by atoms with van der Waals surface area (Å²) in [4.78, 5) is 6.70. The van der Waals surface area contributed by atoms with E-state index in [1.54, 1.807) is 6.08 Å². The van der Waals surface area contributed by atoms with Crippen LogP contribution in [-0.4, -0.2) is 36.3 Å². The summed E-state index contributed by atoms with van der Waals surface area (Å²) in [7, 11) is 0. The maximum Gasteiger partial charge on any atom is 0.136 e. The lowest BCUT2D eigenvalue weighted by Gasteiger charge is -2.30. The van der Waals surface area contributed by atoms with Gasteiger partial charge in [-0.05, 0) is 30.7 Å². The summed E-state index contributed by atoms with van der Waals surface area (Å²) in [5.74, 6) is 1.10. The Morgan fingerprint density at radius 2 is 2.22 bits per heavy atom. The van der Waals surface area contributed by atoms with Crippen molar-refractivity contribution in [2.75, 3.05) is 31.1 Å². The van der Waals surface area contributed by atoms with Crippen molar-refractivity contribution in [3.05, 3.63) is 41.8 Å². The molecule has 0 aliphatic carbocycles. The molecule has 1 aliphatic rings. The topological polar surface area (TPSA) is 48.4 Å². The van der Waals surface area contributed by atoms with Crippen LogP contribution in [-0.2, 0) is 0 Å². The first-order valence-corrected chi connectivity index (χ1v) is 6.16. The van der Waals surface area contributed by atoms with Crippen LogP contribution in [0.25, 0.3) is 6.08 Å². The van der Waals surface area contributed by atoms with Gasteiger partial charge in [0.2, 0.25) is 0 Å². The fraction of sp³-hybridized carbons (Fsp3) is 0.357. The molecule has 1 aromatic rings. The zero-order valence-corrected chi connectivity index (χ0v) is 10.7. The second kappa shape index (κ2) is 5.69. The van der Waals surface area contributed by atoms with E-state index in [1.165, 1.54) is 6.08 Å². The molecule has 0 aromatic carbocycles. The molecule has 2 N–H and O–H groups in total. The van der Waals surface area contributed by atoms with Gasteiger partial charge in [0.05, 0.1) is 0 Å². The van der Waals surface area contributed by atoms with Gasteiger partial charge in [-0.2, -0.15) is 0 Å². The van der Waals surface area contributed by atoms with Crippen LogP contribution in [0.2, 0.25) is 0 Å². The Kier molecular flexibility index (Phi) is 3.99. The van der Waals surface area contributed by atoms with Crippen LogP contribution in [0.1, 0.15) is 11.1 Å². The number of aliphatic hydroxyl groups excluding tert-OH is 1. The molecule has 4 nitrogen and oxygen atoms in total. The van der Waals surface area contributed by atoms with Crippen LogP contribution in [0.15, 0.2) is 30.7 Å². The lowest BCUT2D eigenvalue weighted by molar-refractivity contribution is 0.438. The number of pyridine rings is 1. The third kappa shape index (κ3) is 2.71. The van der Waals surface area contributed by atoms with E-state index in [4.69, 9.17) is 0 Å². The van der Waals surface area contributed by atoms with E-state index in [9.17, 15) is 5.11 Å². The normalized spacial score (nSPS) is 16.7. The van der Waals surface area contributed by atoms with Crippen molar-refractivity contribution in [3.8, 4) is 0 Å². The predicted octanol–water partition coefficient (Wildman–Crippen LogP) is 1.88. The molecule has 1 fully saturated rings. The molecular formula is C14H19N3O. The number of aryl methyl sites for hydroxylation is 1. The molecule has 0 radical (unpaired) electrons. The van der Waals surface area contributed by atoms with Crippen LogP contribution in [0, 0.1) is 6.92 Å². The van der Waals surface area contributed by atoms with Gasteiger partial charge in [-0.15, -0.1) is 0 Å². The summed E-state index contributed by atoms with van der Waals surface area (Å²) in [6.45, 7) is 9.39. The summed E-state index contributed by atoms with van der Waals surface area (Å²) >= 11 is 0. The number of aromatic nitrogens is 1. The number of allylic oxidation sites excluding steroid dienone is 1. The summed E-state index contributed by atoms with van der Waals surface area (Å²) < 4.78 is 0. The van der Waals surface area contributed by atoms with Crippen molar-refractivity contribution >= 4 is 11.9 Å². The van der Waals surface area contributed by atoms with Crippen molar-refractivity contribution < 1.29 is 5.11 Å². The highest BCUT2D eigenvalue weighted by Crippen LogP contribution is 2.23. The van der Waals surface area contributed by atoms with E-state index >= 15 is 0 Å². The van der Waals surface area contributed by atoms with Gasteiger partial charge in [0.15, 0.2) is 0 Å². The molecule has 96 valence electrons. The first-order chi connectivity index (χ1) is 8.72. The molecule has 0 unspecified atom stereocenters. The smallest absolute Gasteiger partial charge is 0.136 e. The Bertz CT molecular complexity index is 462. The zero-order valence-electron chi connectivity index (χ0n) is 10.7. The van der Waals surface area contributed by atoms with Crippen LogP contribution in [0.4, 0.5) is 5.82 Å². The molecular weight excluding hydrogens is 226 g/mol. The van der Waals surface area contributed by atoms with E-state index in [0.717, 1.165) is 43.1 Å². The Morgan fingerprint density at radius 1 is 1.50 bits per heavy atom. The predicted molar refractivity (Wildman–Crippen MR) is 74.9 cm³/mol. The number of aliphatic hydroxyl groups is 1. The van der Waals surface area contributed by atoms with Gasteiger partial charge in [-0.1, -0.05) is 6.58 Å². The van der Waals surface area contributed by atoms with Gasteiger partial charge >= 0.3 is 0 Å². The van der Waals surface area contributed by atoms with Gasteiger partial charge in [-0.25, -0.2) is 4.98 Å². The standard InChI is InChI=1S/C14H19N3O/c1-3-12(18)10-13-11(2)4-5-16-14(13)17-8-6-15-7-9-17/h3-5,10,15,18H,1,6-9H2,2H3/b12-10+. The molecule has 0 amide bonds. The van der Waals surface area contributed by atoms with E-state index in [-0.39, 0.29) is 5.76 Å². The quantitative estimate of drug-likeness (QED) is 0.630. The van der Waals surface area contributed by atoms with Crippen molar-refractivity contribution in [1.82, 2.24) is 10.3 Å². The third-order valence-electron chi connectivity index (χ3n) is 3.10. The van der Waals surface area contributed by atoms with Gasteiger partial charge < -0.3 is 15.3 Å². The molecule has 1 saturated heterocycles. The SMILES string of the molecule is C=C/C(O)=C\c1c(C)ccnc1N1CCNCC1. The number of anilines is 1. The van der Waals surface area contributed by atoms with Gasteiger partial charge in [-0.3, -0.25) is 0 Å². The highest BCUT2D eigenvalue weighted by atomic mass is 16.3. The van der Waals surface area contributed by atoms with Crippen LogP contribution in [0.5, 0.6) is 0 Å². The second-order valence-corrected chi connectivity index (χ2v) is 4.38. The van der Waals surface area contributed by atoms with Gasteiger partial charge in [0, 0.05) is 37.9 Å². The molecule has 2 heterocycles. The fourth-order valence-corrected chi connectivity index (χ4v) is 2.07. The summed E-state index contributed by atoms with van der Waals surface area (Å²) in [5, 5.41) is 13.0. The Hall–Kier alpha value is -1.81. The van der Waals surface area contributed by atoms with E-state index in [1.807, 2.05) is 19.2 Å².